The lowest BCUT2D eigenvalue weighted by Crippen LogP contribution is -2.41. The Morgan fingerprint density at radius 1 is 1.53 bits per heavy atom. The molecule has 1 aliphatic heterocycles. The summed E-state index contributed by atoms with van der Waals surface area (Å²) in [6.45, 7) is 4.26. The van der Waals surface area contributed by atoms with Crippen molar-refractivity contribution in [2.45, 2.75) is 19.8 Å². The molecule has 1 fully saturated rings. The molecule has 1 unspecified atom stereocenters. The van der Waals surface area contributed by atoms with Crippen LogP contribution in [0.1, 0.15) is 28.8 Å². The van der Waals surface area contributed by atoms with Crippen molar-refractivity contribution >= 4 is 11.6 Å². The fourth-order valence-corrected chi connectivity index (χ4v) is 2.65. The maximum absolute atomic E-state index is 12.5. The number of anilines is 1. The number of ether oxygens (including phenoxy) is 1. The van der Waals surface area contributed by atoms with Crippen LogP contribution in [0.25, 0.3) is 0 Å². The lowest BCUT2D eigenvalue weighted by Gasteiger charge is -2.32. The molecule has 0 radical (unpaired) electrons. The highest BCUT2D eigenvalue weighted by atomic mass is 16.5. The van der Waals surface area contributed by atoms with Gasteiger partial charge in [0.25, 0.3) is 5.91 Å². The van der Waals surface area contributed by atoms with Crippen LogP contribution in [0.2, 0.25) is 0 Å². The number of hydrogen-bond donors (Lipinski definition) is 1. The number of methoxy groups -OCH3 is 1. The van der Waals surface area contributed by atoms with Crippen LogP contribution in [0.3, 0.4) is 0 Å². The number of amides is 1. The first-order valence-corrected chi connectivity index (χ1v) is 6.76. The lowest BCUT2D eigenvalue weighted by atomic mass is 9.98. The molecule has 1 saturated heterocycles. The number of piperidine rings is 1. The second-order valence-electron chi connectivity index (χ2n) is 5.31. The zero-order valence-corrected chi connectivity index (χ0v) is 11.7. The molecule has 0 spiro atoms. The van der Waals surface area contributed by atoms with E-state index in [1.54, 1.807) is 13.2 Å². The third kappa shape index (κ3) is 3.26. The Morgan fingerprint density at radius 3 is 3.05 bits per heavy atom. The van der Waals surface area contributed by atoms with Crippen LogP contribution >= 0.6 is 0 Å². The summed E-state index contributed by atoms with van der Waals surface area (Å²) in [7, 11) is 1.71. The van der Waals surface area contributed by atoms with Crippen LogP contribution in [0, 0.1) is 12.8 Å². The molecular weight excluding hydrogens is 240 g/mol. The van der Waals surface area contributed by atoms with Gasteiger partial charge in [0.1, 0.15) is 0 Å². The van der Waals surface area contributed by atoms with Gasteiger partial charge in [0.05, 0.1) is 12.2 Å². The number of nitrogens with two attached hydrogens (primary N) is 1. The zero-order valence-electron chi connectivity index (χ0n) is 11.7. The molecule has 0 saturated carbocycles. The summed E-state index contributed by atoms with van der Waals surface area (Å²) in [5.74, 6) is 0.482. The van der Waals surface area contributed by atoms with E-state index < -0.39 is 0 Å². The van der Waals surface area contributed by atoms with Gasteiger partial charge in [-0.2, -0.15) is 0 Å². The van der Waals surface area contributed by atoms with Gasteiger partial charge in [-0.1, -0.05) is 11.6 Å². The smallest absolute Gasteiger partial charge is 0.255 e. The Morgan fingerprint density at radius 2 is 2.32 bits per heavy atom. The van der Waals surface area contributed by atoms with E-state index in [2.05, 4.69) is 0 Å². The van der Waals surface area contributed by atoms with E-state index in [-0.39, 0.29) is 5.91 Å². The van der Waals surface area contributed by atoms with Crippen molar-refractivity contribution in [2.75, 3.05) is 32.5 Å². The molecule has 1 aromatic carbocycles. The van der Waals surface area contributed by atoms with Crippen LogP contribution in [0.15, 0.2) is 18.2 Å². The lowest BCUT2D eigenvalue weighted by molar-refractivity contribution is 0.0572. The number of benzene rings is 1. The van der Waals surface area contributed by atoms with Crippen molar-refractivity contribution in [3.63, 3.8) is 0 Å². The van der Waals surface area contributed by atoms with Crippen molar-refractivity contribution in [3.05, 3.63) is 29.3 Å². The Kier molecular flexibility index (Phi) is 4.43. The molecule has 4 heteroatoms. The molecule has 1 atom stereocenters. The molecule has 0 aromatic heterocycles. The second-order valence-corrected chi connectivity index (χ2v) is 5.31. The molecule has 2 rings (SSSR count). The quantitative estimate of drug-likeness (QED) is 0.848. The molecule has 0 bridgehead atoms. The minimum absolute atomic E-state index is 0.0435. The minimum atomic E-state index is 0.0435. The van der Waals surface area contributed by atoms with E-state index in [1.807, 2.05) is 24.0 Å². The average Bonchev–Trinajstić information content (AvgIpc) is 2.41. The van der Waals surface area contributed by atoms with Crippen LogP contribution in [0.5, 0.6) is 0 Å². The van der Waals surface area contributed by atoms with Crippen molar-refractivity contribution < 1.29 is 9.53 Å². The van der Waals surface area contributed by atoms with Crippen molar-refractivity contribution in [2.24, 2.45) is 5.92 Å². The third-order valence-electron chi connectivity index (χ3n) is 3.65. The predicted octanol–water partition coefficient (Wildman–Crippen LogP) is 2.08. The maximum atomic E-state index is 12.5. The first kappa shape index (κ1) is 13.9. The maximum Gasteiger partial charge on any atom is 0.255 e. The van der Waals surface area contributed by atoms with Gasteiger partial charge < -0.3 is 15.4 Å². The van der Waals surface area contributed by atoms with Gasteiger partial charge in [-0.25, -0.2) is 0 Å². The Bertz CT molecular complexity index is 457. The molecule has 1 aromatic rings. The van der Waals surface area contributed by atoms with E-state index in [0.29, 0.717) is 23.8 Å². The number of rotatable bonds is 3. The van der Waals surface area contributed by atoms with Gasteiger partial charge in [-0.15, -0.1) is 0 Å². The van der Waals surface area contributed by atoms with E-state index in [9.17, 15) is 4.79 Å². The zero-order chi connectivity index (χ0) is 13.8. The normalized spacial score (nSPS) is 19.5. The highest BCUT2D eigenvalue weighted by Crippen LogP contribution is 2.21. The van der Waals surface area contributed by atoms with Crippen molar-refractivity contribution in [1.82, 2.24) is 4.90 Å². The van der Waals surface area contributed by atoms with Crippen LogP contribution in [0.4, 0.5) is 5.69 Å². The SMILES string of the molecule is COCC1CCCN(C(=O)c2cc(C)ccc2N)C1. The Balaban J connectivity index is 2.12. The van der Waals surface area contributed by atoms with Crippen LogP contribution < -0.4 is 5.73 Å². The summed E-state index contributed by atoms with van der Waals surface area (Å²) in [6.07, 6.45) is 2.16. The number of nitrogen functional groups attached to an aromatic ring is 1. The van der Waals surface area contributed by atoms with E-state index in [1.165, 1.54) is 0 Å². The van der Waals surface area contributed by atoms with E-state index in [4.69, 9.17) is 10.5 Å². The molecular formula is C15H22N2O2. The highest BCUT2D eigenvalue weighted by molar-refractivity contribution is 5.99. The van der Waals surface area contributed by atoms with Gasteiger partial charge in [-0.05, 0) is 37.8 Å². The molecule has 0 aliphatic carbocycles. The number of hydrogen-bond acceptors (Lipinski definition) is 3. The van der Waals surface area contributed by atoms with Crippen molar-refractivity contribution in [3.8, 4) is 0 Å². The molecule has 4 nitrogen and oxygen atoms in total. The fraction of sp³-hybridized carbons (Fsp3) is 0.533. The summed E-state index contributed by atoms with van der Waals surface area (Å²) in [6, 6.07) is 5.60. The Labute approximate surface area is 114 Å². The molecule has 1 aliphatic rings. The topological polar surface area (TPSA) is 55.6 Å². The molecule has 104 valence electrons. The number of likely N-dealkylation sites (tertiary alicyclic amines) is 1. The summed E-state index contributed by atoms with van der Waals surface area (Å²) >= 11 is 0. The number of aryl methyl sites for hydroxylation is 1. The van der Waals surface area contributed by atoms with Crippen LogP contribution in [-0.2, 0) is 4.74 Å². The first-order valence-electron chi connectivity index (χ1n) is 6.76. The van der Waals surface area contributed by atoms with Gasteiger partial charge in [0.15, 0.2) is 0 Å². The molecule has 1 heterocycles. The molecule has 2 N–H and O–H groups in total. The van der Waals surface area contributed by atoms with E-state index >= 15 is 0 Å². The summed E-state index contributed by atoms with van der Waals surface area (Å²) < 4.78 is 5.20. The summed E-state index contributed by atoms with van der Waals surface area (Å²) in [5.41, 5.74) is 8.16. The van der Waals surface area contributed by atoms with Crippen molar-refractivity contribution in [1.29, 1.82) is 0 Å². The molecule has 1 amide bonds. The largest absolute Gasteiger partial charge is 0.398 e. The minimum Gasteiger partial charge on any atom is -0.398 e. The third-order valence-corrected chi connectivity index (χ3v) is 3.65. The first-order chi connectivity index (χ1) is 9.11. The van der Waals surface area contributed by atoms with Gasteiger partial charge >= 0.3 is 0 Å². The monoisotopic (exact) mass is 262 g/mol. The number of nitrogens with zero attached hydrogens (tertiary/aromatic N) is 1. The van der Waals surface area contributed by atoms with Crippen LogP contribution in [-0.4, -0.2) is 37.6 Å². The number of carbonyl (C=O) groups excluding carboxylic acids is 1. The van der Waals surface area contributed by atoms with Gasteiger partial charge in [-0.3, -0.25) is 4.79 Å². The predicted molar refractivity (Wildman–Crippen MR) is 76.1 cm³/mol. The average molecular weight is 262 g/mol. The summed E-state index contributed by atoms with van der Waals surface area (Å²) in [4.78, 5) is 14.4. The summed E-state index contributed by atoms with van der Waals surface area (Å²) in [5, 5.41) is 0. The Hall–Kier alpha value is -1.55. The number of carbonyl (C=O) groups is 1. The van der Waals surface area contributed by atoms with E-state index in [0.717, 1.165) is 31.5 Å². The highest BCUT2D eigenvalue weighted by Gasteiger charge is 2.25. The van der Waals surface area contributed by atoms with Gasteiger partial charge in [0.2, 0.25) is 0 Å². The second kappa shape index (κ2) is 6.06. The fourth-order valence-electron chi connectivity index (χ4n) is 2.65. The molecule has 19 heavy (non-hydrogen) atoms. The van der Waals surface area contributed by atoms with Gasteiger partial charge in [0, 0.05) is 25.9 Å². The standard InChI is InChI=1S/C15H22N2O2/c1-11-5-6-14(16)13(8-11)15(18)17-7-3-4-12(9-17)10-19-2/h5-6,8,12H,3-4,7,9-10,16H2,1-2H3.